The van der Waals surface area contributed by atoms with Gasteiger partial charge >= 0.3 is 0 Å². The zero-order valence-corrected chi connectivity index (χ0v) is 18.3. The van der Waals surface area contributed by atoms with Gasteiger partial charge in [0.2, 0.25) is 0 Å². The third kappa shape index (κ3) is 5.13. The van der Waals surface area contributed by atoms with Gasteiger partial charge in [-0.2, -0.15) is 0 Å². The Morgan fingerprint density at radius 3 is 2.85 bits per heavy atom. The molecule has 0 aromatic carbocycles. The van der Waals surface area contributed by atoms with Crippen molar-refractivity contribution >= 4 is 46.9 Å². The molecule has 0 radical (unpaired) electrons. The van der Waals surface area contributed by atoms with Gasteiger partial charge in [-0.05, 0) is 12.1 Å². The lowest BCUT2D eigenvalue weighted by Crippen LogP contribution is -2.38. The molecule has 0 aliphatic rings. The second kappa shape index (κ2) is 9.81. The number of nitrogens with one attached hydrogen (secondary N) is 2. The van der Waals surface area contributed by atoms with Gasteiger partial charge in [0, 0.05) is 37.5 Å². The van der Waals surface area contributed by atoms with Crippen molar-refractivity contribution in [2.75, 3.05) is 13.6 Å². The smallest absolute Gasteiger partial charge is 0.191 e. The van der Waals surface area contributed by atoms with Crippen LogP contribution in [-0.2, 0) is 13.0 Å². The minimum atomic E-state index is 0. The summed E-state index contributed by atoms with van der Waals surface area (Å²) >= 11 is 1.73. The molecule has 3 aromatic heterocycles. The molecule has 3 aromatic rings. The van der Waals surface area contributed by atoms with E-state index in [9.17, 15) is 0 Å². The Hall–Kier alpha value is -1.75. The molecule has 2 N–H and O–H groups in total. The summed E-state index contributed by atoms with van der Waals surface area (Å²) in [5.41, 5.74) is 1.96. The topological polar surface area (TPSA) is 79.5 Å². The molecule has 140 valence electrons. The summed E-state index contributed by atoms with van der Waals surface area (Å²) in [6.07, 6.45) is 2.83. The first-order valence-corrected chi connectivity index (χ1v) is 9.23. The van der Waals surface area contributed by atoms with Crippen molar-refractivity contribution in [1.29, 1.82) is 0 Å². The number of pyridine rings is 1. The average molecular weight is 485 g/mol. The number of nitrogens with zero attached hydrogens (tertiary/aromatic N) is 5. The molecule has 0 aliphatic heterocycles. The molecule has 0 atom stereocenters. The van der Waals surface area contributed by atoms with Crippen LogP contribution in [0.15, 0.2) is 34.8 Å². The van der Waals surface area contributed by atoms with Gasteiger partial charge in [0.25, 0.3) is 0 Å². The molecule has 0 aliphatic carbocycles. The fraction of sp³-hybridized carbons (Fsp3) is 0.412. The summed E-state index contributed by atoms with van der Waals surface area (Å²) in [5, 5.41) is 18.3. The first-order valence-electron chi connectivity index (χ1n) is 8.35. The van der Waals surface area contributed by atoms with Crippen molar-refractivity contribution < 1.29 is 0 Å². The van der Waals surface area contributed by atoms with E-state index in [4.69, 9.17) is 0 Å². The van der Waals surface area contributed by atoms with Crippen molar-refractivity contribution in [3.05, 3.63) is 46.3 Å². The van der Waals surface area contributed by atoms with Gasteiger partial charge in [0.15, 0.2) is 17.4 Å². The van der Waals surface area contributed by atoms with Crippen LogP contribution in [0.25, 0.3) is 5.65 Å². The minimum Gasteiger partial charge on any atom is -0.356 e. The van der Waals surface area contributed by atoms with E-state index in [1.54, 1.807) is 18.4 Å². The predicted molar refractivity (Wildman–Crippen MR) is 117 cm³/mol. The number of hydrogen-bond acceptors (Lipinski definition) is 5. The molecule has 0 spiro atoms. The minimum absolute atomic E-state index is 0. The first-order chi connectivity index (χ1) is 12.2. The number of guanidine groups is 1. The normalized spacial score (nSPS) is 11.6. The van der Waals surface area contributed by atoms with E-state index in [2.05, 4.69) is 50.0 Å². The van der Waals surface area contributed by atoms with Crippen LogP contribution in [0.3, 0.4) is 0 Å². The maximum Gasteiger partial charge on any atom is 0.191 e. The molecule has 7 nitrogen and oxygen atoms in total. The predicted octanol–water partition coefficient (Wildman–Crippen LogP) is 2.83. The quantitative estimate of drug-likeness (QED) is 0.319. The highest BCUT2D eigenvalue weighted by Crippen LogP contribution is 2.19. The van der Waals surface area contributed by atoms with Crippen molar-refractivity contribution in [1.82, 2.24) is 30.2 Å². The molecule has 0 bridgehead atoms. The molecule has 0 saturated carbocycles. The van der Waals surface area contributed by atoms with Gasteiger partial charge < -0.3 is 10.6 Å². The van der Waals surface area contributed by atoms with Gasteiger partial charge in [-0.25, -0.2) is 4.98 Å². The second-order valence-electron chi connectivity index (χ2n) is 5.98. The van der Waals surface area contributed by atoms with Crippen LogP contribution in [-0.4, -0.2) is 39.1 Å². The Labute approximate surface area is 174 Å². The first kappa shape index (κ1) is 20.6. The van der Waals surface area contributed by atoms with E-state index < -0.39 is 0 Å². The zero-order chi connectivity index (χ0) is 17.6. The number of rotatable bonds is 6. The number of thiazole rings is 1. The van der Waals surface area contributed by atoms with Gasteiger partial charge in [-0.3, -0.25) is 9.39 Å². The SMILES string of the molecule is CN=C(NCCc1csc(C(C)C)n1)NCc1nnc2ccccn12.I. The van der Waals surface area contributed by atoms with Gasteiger partial charge in [-0.1, -0.05) is 19.9 Å². The summed E-state index contributed by atoms with van der Waals surface area (Å²) in [7, 11) is 1.76. The number of hydrogen-bond donors (Lipinski definition) is 2. The highest BCUT2D eigenvalue weighted by Gasteiger charge is 2.07. The summed E-state index contributed by atoms with van der Waals surface area (Å²) in [6, 6.07) is 5.85. The van der Waals surface area contributed by atoms with Crippen LogP contribution in [0.5, 0.6) is 0 Å². The van der Waals surface area contributed by atoms with Crippen molar-refractivity contribution in [2.24, 2.45) is 4.99 Å². The number of aromatic nitrogens is 4. The van der Waals surface area contributed by atoms with Crippen LogP contribution < -0.4 is 10.6 Å². The Morgan fingerprint density at radius 1 is 1.27 bits per heavy atom. The largest absolute Gasteiger partial charge is 0.356 e. The average Bonchev–Trinajstić information content (AvgIpc) is 3.25. The number of halogens is 1. The second-order valence-corrected chi connectivity index (χ2v) is 6.87. The maximum atomic E-state index is 4.65. The molecular formula is C17H24IN7S. The highest BCUT2D eigenvalue weighted by atomic mass is 127. The molecule has 3 heterocycles. The summed E-state index contributed by atoms with van der Waals surface area (Å²) in [4.78, 5) is 8.90. The van der Waals surface area contributed by atoms with E-state index in [1.807, 2.05) is 28.8 Å². The van der Waals surface area contributed by atoms with Crippen molar-refractivity contribution in [3.8, 4) is 0 Å². The van der Waals surface area contributed by atoms with Crippen LogP contribution in [0.1, 0.15) is 36.3 Å². The fourth-order valence-electron chi connectivity index (χ4n) is 2.41. The van der Waals surface area contributed by atoms with E-state index in [-0.39, 0.29) is 24.0 Å². The lowest BCUT2D eigenvalue weighted by Gasteiger charge is -2.10. The lowest BCUT2D eigenvalue weighted by atomic mass is 10.2. The Morgan fingerprint density at radius 2 is 2.12 bits per heavy atom. The molecule has 9 heteroatoms. The van der Waals surface area contributed by atoms with Crippen molar-refractivity contribution in [3.63, 3.8) is 0 Å². The number of fused-ring (bicyclic) bond motifs is 1. The molecule has 26 heavy (non-hydrogen) atoms. The fourth-order valence-corrected chi connectivity index (χ4v) is 3.28. The Balaban J connectivity index is 0.00000243. The van der Waals surface area contributed by atoms with E-state index in [0.717, 1.165) is 36.1 Å². The van der Waals surface area contributed by atoms with E-state index in [1.165, 1.54) is 5.01 Å². The molecule has 0 unspecified atom stereocenters. The van der Waals surface area contributed by atoms with Gasteiger partial charge in [-0.15, -0.1) is 45.5 Å². The van der Waals surface area contributed by atoms with Gasteiger partial charge in [0.1, 0.15) is 0 Å². The highest BCUT2D eigenvalue weighted by molar-refractivity contribution is 14.0. The Kier molecular flexibility index (Phi) is 7.76. The van der Waals surface area contributed by atoms with Crippen LogP contribution in [0.4, 0.5) is 0 Å². The zero-order valence-electron chi connectivity index (χ0n) is 15.1. The standard InChI is InChI=1S/C17H23N7S.HI/c1-12(2)16-21-13(11-25-16)7-8-19-17(18-3)20-10-15-23-22-14-6-4-5-9-24(14)15;/h4-6,9,11-12H,7-8,10H2,1-3H3,(H2,18,19,20);1H. The maximum absolute atomic E-state index is 4.65. The lowest BCUT2D eigenvalue weighted by molar-refractivity contribution is 0.750. The third-order valence-corrected chi connectivity index (χ3v) is 4.95. The molecule has 0 fully saturated rings. The summed E-state index contributed by atoms with van der Waals surface area (Å²) < 4.78 is 1.96. The Bertz CT molecular complexity index is 856. The number of aliphatic imine (C=N–C) groups is 1. The van der Waals surface area contributed by atoms with Crippen LogP contribution >= 0.6 is 35.3 Å². The molecule has 0 amide bonds. The molecule has 3 rings (SSSR count). The van der Waals surface area contributed by atoms with Crippen LogP contribution in [0, 0.1) is 0 Å². The van der Waals surface area contributed by atoms with Crippen LogP contribution in [0.2, 0.25) is 0 Å². The third-order valence-electron chi connectivity index (χ3n) is 3.76. The molecule has 0 saturated heterocycles. The summed E-state index contributed by atoms with van der Waals surface area (Å²) in [6.45, 7) is 5.67. The van der Waals surface area contributed by atoms with Crippen molar-refractivity contribution in [2.45, 2.75) is 32.7 Å². The monoisotopic (exact) mass is 485 g/mol. The van der Waals surface area contributed by atoms with E-state index in [0.29, 0.717) is 12.5 Å². The van der Waals surface area contributed by atoms with E-state index >= 15 is 0 Å². The van der Waals surface area contributed by atoms with Gasteiger partial charge in [0.05, 0.1) is 17.2 Å². The molecular weight excluding hydrogens is 461 g/mol. The summed E-state index contributed by atoms with van der Waals surface area (Å²) in [5.74, 6) is 2.07.